The summed E-state index contributed by atoms with van der Waals surface area (Å²) in [6, 6.07) is 5.52. The molecule has 1 aromatic rings. The SMILES string of the molecule is CNc1ccc(C)cc1N=O. The van der Waals surface area contributed by atoms with Crippen molar-refractivity contribution in [2.75, 3.05) is 12.4 Å². The lowest BCUT2D eigenvalue weighted by Crippen LogP contribution is -1.87. The van der Waals surface area contributed by atoms with Crippen molar-refractivity contribution in [1.29, 1.82) is 0 Å². The first-order valence-electron chi connectivity index (χ1n) is 3.39. The van der Waals surface area contributed by atoms with Gasteiger partial charge in [0.25, 0.3) is 0 Å². The van der Waals surface area contributed by atoms with Crippen LogP contribution in [0.15, 0.2) is 23.4 Å². The first kappa shape index (κ1) is 7.72. The number of hydrogen-bond donors (Lipinski definition) is 1. The van der Waals surface area contributed by atoms with Gasteiger partial charge in [-0.2, -0.15) is 0 Å². The van der Waals surface area contributed by atoms with Gasteiger partial charge in [0.15, 0.2) is 0 Å². The van der Waals surface area contributed by atoms with Gasteiger partial charge >= 0.3 is 0 Å². The number of nitroso groups, excluding NO2 is 1. The molecule has 3 nitrogen and oxygen atoms in total. The fourth-order valence-corrected chi connectivity index (χ4v) is 0.929. The Balaban J connectivity index is 3.16. The van der Waals surface area contributed by atoms with Crippen LogP contribution in [0.25, 0.3) is 0 Å². The van der Waals surface area contributed by atoms with E-state index in [0.29, 0.717) is 5.69 Å². The van der Waals surface area contributed by atoms with Gasteiger partial charge in [0.2, 0.25) is 0 Å². The Morgan fingerprint density at radius 3 is 2.73 bits per heavy atom. The Morgan fingerprint density at radius 1 is 1.45 bits per heavy atom. The van der Waals surface area contributed by atoms with Gasteiger partial charge in [-0.1, -0.05) is 6.07 Å². The molecule has 0 unspecified atom stereocenters. The molecule has 0 aliphatic rings. The molecule has 0 saturated heterocycles. The van der Waals surface area contributed by atoms with Gasteiger partial charge in [0, 0.05) is 7.05 Å². The molecule has 0 amide bonds. The van der Waals surface area contributed by atoms with Crippen LogP contribution >= 0.6 is 0 Å². The topological polar surface area (TPSA) is 41.5 Å². The summed E-state index contributed by atoms with van der Waals surface area (Å²) in [6.45, 7) is 1.92. The summed E-state index contributed by atoms with van der Waals surface area (Å²) in [4.78, 5) is 10.2. The lowest BCUT2D eigenvalue weighted by atomic mass is 10.2. The number of nitrogens with one attached hydrogen (secondary N) is 1. The minimum atomic E-state index is 0.465. The maximum absolute atomic E-state index is 10.2. The molecule has 0 fully saturated rings. The molecule has 0 heterocycles. The molecular formula is C8H10N2O. The van der Waals surface area contributed by atoms with Crippen LogP contribution in [0.1, 0.15) is 5.56 Å². The van der Waals surface area contributed by atoms with Gasteiger partial charge in [0.1, 0.15) is 5.69 Å². The van der Waals surface area contributed by atoms with Crippen LogP contribution in [-0.2, 0) is 0 Å². The number of benzene rings is 1. The van der Waals surface area contributed by atoms with E-state index in [4.69, 9.17) is 0 Å². The smallest absolute Gasteiger partial charge is 0.131 e. The molecular weight excluding hydrogens is 140 g/mol. The molecule has 0 aliphatic carbocycles. The normalized spacial score (nSPS) is 9.27. The van der Waals surface area contributed by atoms with Crippen molar-refractivity contribution >= 4 is 11.4 Å². The van der Waals surface area contributed by atoms with Crippen LogP contribution in [0.4, 0.5) is 11.4 Å². The summed E-state index contributed by atoms with van der Waals surface area (Å²) in [6.07, 6.45) is 0. The van der Waals surface area contributed by atoms with Gasteiger partial charge in [-0.05, 0) is 29.8 Å². The second-order valence-electron chi connectivity index (χ2n) is 2.36. The van der Waals surface area contributed by atoms with Crippen molar-refractivity contribution in [2.45, 2.75) is 6.92 Å². The molecule has 3 heteroatoms. The van der Waals surface area contributed by atoms with E-state index in [1.165, 1.54) is 0 Å². The zero-order valence-corrected chi connectivity index (χ0v) is 6.59. The molecule has 1 aromatic carbocycles. The van der Waals surface area contributed by atoms with Gasteiger partial charge in [-0.25, -0.2) is 0 Å². The van der Waals surface area contributed by atoms with Crippen LogP contribution in [0.3, 0.4) is 0 Å². The van der Waals surface area contributed by atoms with Gasteiger partial charge in [0.05, 0.1) is 5.69 Å². The third kappa shape index (κ3) is 1.55. The fraction of sp³-hybridized carbons (Fsp3) is 0.250. The summed E-state index contributed by atoms with van der Waals surface area (Å²) in [5, 5.41) is 5.77. The quantitative estimate of drug-likeness (QED) is 0.658. The van der Waals surface area contributed by atoms with Gasteiger partial charge in [-0.3, -0.25) is 0 Å². The molecule has 0 bridgehead atoms. The Kier molecular flexibility index (Phi) is 2.21. The van der Waals surface area contributed by atoms with Crippen molar-refractivity contribution in [3.8, 4) is 0 Å². The predicted molar refractivity (Wildman–Crippen MR) is 46.2 cm³/mol. The summed E-state index contributed by atoms with van der Waals surface area (Å²) in [5.41, 5.74) is 2.27. The van der Waals surface area contributed by atoms with Crippen molar-refractivity contribution in [2.24, 2.45) is 5.18 Å². The van der Waals surface area contributed by atoms with E-state index >= 15 is 0 Å². The van der Waals surface area contributed by atoms with E-state index < -0.39 is 0 Å². The number of aryl methyl sites for hydroxylation is 1. The monoisotopic (exact) mass is 150 g/mol. The Labute approximate surface area is 65.4 Å². The van der Waals surface area contributed by atoms with Crippen molar-refractivity contribution in [3.05, 3.63) is 28.7 Å². The van der Waals surface area contributed by atoms with Crippen molar-refractivity contribution in [1.82, 2.24) is 0 Å². The summed E-state index contributed by atoms with van der Waals surface area (Å²) >= 11 is 0. The Bertz CT molecular complexity index is 271. The third-order valence-electron chi connectivity index (χ3n) is 1.52. The second-order valence-corrected chi connectivity index (χ2v) is 2.36. The van der Waals surface area contributed by atoms with E-state index in [-0.39, 0.29) is 0 Å². The fourth-order valence-electron chi connectivity index (χ4n) is 0.929. The number of hydrogen-bond acceptors (Lipinski definition) is 3. The highest BCUT2D eigenvalue weighted by atomic mass is 16.3. The minimum Gasteiger partial charge on any atom is -0.386 e. The average molecular weight is 150 g/mol. The van der Waals surface area contributed by atoms with Crippen LogP contribution < -0.4 is 5.32 Å². The van der Waals surface area contributed by atoms with E-state index in [9.17, 15) is 4.91 Å². The minimum absolute atomic E-state index is 0.465. The van der Waals surface area contributed by atoms with Crippen LogP contribution in [-0.4, -0.2) is 7.05 Å². The van der Waals surface area contributed by atoms with Gasteiger partial charge in [-0.15, -0.1) is 4.91 Å². The summed E-state index contributed by atoms with van der Waals surface area (Å²) in [5.74, 6) is 0. The first-order chi connectivity index (χ1) is 5.27. The summed E-state index contributed by atoms with van der Waals surface area (Å²) in [7, 11) is 1.76. The Hall–Kier alpha value is -1.38. The molecule has 0 saturated carbocycles. The van der Waals surface area contributed by atoms with E-state index in [2.05, 4.69) is 10.5 Å². The van der Waals surface area contributed by atoms with Crippen LogP contribution in [0.5, 0.6) is 0 Å². The number of nitrogens with zero attached hydrogens (tertiary/aromatic N) is 1. The number of anilines is 1. The third-order valence-corrected chi connectivity index (χ3v) is 1.52. The van der Waals surface area contributed by atoms with E-state index in [1.807, 2.05) is 19.1 Å². The molecule has 11 heavy (non-hydrogen) atoms. The van der Waals surface area contributed by atoms with Crippen LogP contribution in [0, 0.1) is 11.8 Å². The van der Waals surface area contributed by atoms with Crippen molar-refractivity contribution in [3.63, 3.8) is 0 Å². The zero-order valence-electron chi connectivity index (χ0n) is 6.59. The maximum Gasteiger partial charge on any atom is 0.131 e. The van der Waals surface area contributed by atoms with Crippen LogP contribution in [0.2, 0.25) is 0 Å². The standard InChI is InChI=1S/C8H10N2O/c1-6-3-4-7(9-2)8(5-6)10-11/h3-5,9H,1-2H3. The lowest BCUT2D eigenvalue weighted by Gasteiger charge is -2.01. The average Bonchev–Trinajstić information content (AvgIpc) is 2.04. The number of rotatable bonds is 2. The van der Waals surface area contributed by atoms with Gasteiger partial charge < -0.3 is 5.32 Å². The lowest BCUT2D eigenvalue weighted by molar-refractivity contribution is 1.39. The zero-order chi connectivity index (χ0) is 8.27. The molecule has 1 N–H and O–H groups in total. The molecule has 0 atom stereocenters. The predicted octanol–water partition coefficient (Wildman–Crippen LogP) is 2.43. The molecule has 0 radical (unpaired) electrons. The molecule has 0 aliphatic heterocycles. The second kappa shape index (κ2) is 3.14. The Morgan fingerprint density at radius 2 is 2.18 bits per heavy atom. The molecule has 0 aromatic heterocycles. The highest BCUT2D eigenvalue weighted by Gasteiger charge is 1.99. The van der Waals surface area contributed by atoms with E-state index in [0.717, 1.165) is 11.3 Å². The van der Waals surface area contributed by atoms with E-state index in [1.54, 1.807) is 13.1 Å². The summed E-state index contributed by atoms with van der Waals surface area (Å²) < 4.78 is 0. The molecule has 0 spiro atoms. The largest absolute Gasteiger partial charge is 0.386 e. The maximum atomic E-state index is 10.2. The highest BCUT2D eigenvalue weighted by Crippen LogP contribution is 2.24. The first-order valence-corrected chi connectivity index (χ1v) is 3.39. The molecule has 58 valence electrons. The molecule has 1 rings (SSSR count). The van der Waals surface area contributed by atoms with Crippen molar-refractivity contribution < 1.29 is 0 Å². The highest BCUT2D eigenvalue weighted by molar-refractivity contribution is 5.65.